The Bertz CT molecular complexity index is 1710. The Morgan fingerprint density at radius 1 is 0.979 bits per heavy atom. The summed E-state index contributed by atoms with van der Waals surface area (Å²) in [5.74, 6) is 1.27. The number of halogens is 2. The third kappa shape index (κ3) is 9.30. The van der Waals surface area contributed by atoms with Gasteiger partial charge in [0, 0.05) is 29.2 Å². The molecule has 4 aromatic rings. The Morgan fingerprint density at radius 2 is 1.69 bits per heavy atom. The molecule has 5 rings (SSSR count). The molecule has 48 heavy (non-hydrogen) atoms. The van der Waals surface area contributed by atoms with E-state index < -0.39 is 5.97 Å². The van der Waals surface area contributed by atoms with Crippen molar-refractivity contribution in [3.8, 4) is 17.0 Å². The van der Waals surface area contributed by atoms with Gasteiger partial charge in [-0.3, -0.25) is 4.79 Å². The van der Waals surface area contributed by atoms with Gasteiger partial charge in [0.2, 0.25) is 5.91 Å². The Morgan fingerprint density at radius 3 is 2.33 bits per heavy atom. The number of carboxylic acids is 1. The van der Waals surface area contributed by atoms with Gasteiger partial charge in [0.15, 0.2) is 0 Å². The number of nitrogens with one attached hydrogen (secondary N) is 1. The van der Waals surface area contributed by atoms with E-state index in [9.17, 15) is 9.59 Å². The van der Waals surface area contributed by atoms with Gasteiger partial charge in [-0.1, -0.05) is 79.9 Å². The topological polar surface area (TPSA) is 93.5 Å². The Balaban J connectivity index is 1.40. The SMILES string of the molecule is CCC=CCn1cc(-c2ccc(Cl)cc2Cl)nc1[C@H](Cc1ccc(OCc2ccc(C(=O)O)cc2)cc1)NC(=O)[C@H]1CC[C@H](CC)CC1. The zero-order chi connectivity index (χ0) is 34.0. The van der Waals surface area contributed by atoms with Crippen molar-refractivity contribution in [1.29, 1.82) is 0 Å². The maximum absolute atomic E-state index is 13.8. The molecule has 1 aliphatic carbocycles. The van der Waals surface area contributed by atoms with Crippen LogP contribution in [0.5, 0.6) is 5.75 Å². The summed E-state index contributed by atoms with van der Waals surface area (Å²) in [5, 5.41) is 13.6. The van der Waals surface area contributed by atoms with Crippen molar-refractivity contribution in [3.63, 3.8) is 0 Å². The number of amides is 1. The number of aromatic carboxylic acids is 1. The van der Waals surface area contributed by atoms with Crippen LogP contribution in [0.2, 0.25) is 10.0 Å². The van der Waals surface area contributed by atoms with Gasteiger partial charge >= 0.3 is 5.97 Å². The maximum Gasteiger partial charge on any atom is 0.335 e. The first kappa shape index (κ1) is 35.2. The molecule has 1 saturated carbocycles. The van der Waals surface area contributed by atoms with E-state index in [1.165, 1.54) is 0 Å². The largest absolute Gasteiger partial charge is 0.489 e. The summed E-state index contributed by atoms with van der Waals surface area (Å²) in [6.07, 6.45) is 12.8. The number of hydrogen-bond donors (Lipinski definition) is 2. The van der Waals surface area contributed by atoms with E-state index in [0.717, 1.165) is 66.7 Å². The molecule has 1 fully saturated rings. The minimum Gasteiger partial charge on any atom is -0.489 e. The van der Waals surface area contributed by atoms with E-state index in [1.54, 1.807) is 36.4 Å². The minimum atomic E-state index is -0.957. The van der Waals surface area contributed by atoms with E-state index in [0.29, 0.717) is 41.3 Å². The number of aromatic nitrogens is 2. The molecule has 1 atom stereocenters. The van der Waals surface area contributed by atoms with Crippen LogP contribution in [-0.4, -0.2) is 26.5 Å². The number of carboxylic acid groups (broad SMARTS) is 1. The van der Waals surface area contributed by atoms with E-state index in [2.05, 4.69) is 35.9 Å². The second kappa shape index (κ2) is 16.8. The lowest BCUT2D eigenvalue weighted by Gasteiger charge is -2.29. The molecule has 1 amide bonds. The average Bonchev–Trinajstić information content (AvgIpc) is 3.51. The number of carbonyl (C=O) groups excluding carboxylic acids is 1. The molecule has 9 heteroatoms. The van der Waals surface area contributed by atoms with Gasteiger partial charge in [-0.05, 0) is 98.0 Å². The van der Waals surface area contributed by atoms with Crippen LogP contribution in [0.15, 0.2) is 85.1 Å². The van der Waals surface area contributed by atoms with Crippen molar-refractivity contribution in [3.05, 3.63) is 118 Å². The highest BCUT2D eigenvalue weighted by molar-refractivity contribution is 6.36. The van der Waals surface area contributed by atoms with Gasteiger partial charge in [-0.25, -0.2) is 9.78 Å². The quantitative estimate of drug-likeness (QED) is 0.129. The van der Waals surface area contributed by atoms with E-state index in [1.807, 2.05) is 36.5 Å². The van der Waals surface area contributed by atoms with Crippen LogP contribution < -0.4 is 10.1 Å². The molecule has 0 unspecified atom stereocenters. The molecule has 7 nitrogen and oxygen atoms in total. The lowest BCUT2D eigenvalue weighted by Crippen LogP contribution is -2.37. The molecule has 1 heterocycles. The average molecular weight is 689 g/mol. The number of allylic oxidation sites excluding steroid dienone is 2. The normalized spacial score (nSPS) is 16.9. The number of imidazole rings is 1. The van der Waals surface area contributed by atoms with Gasteiger partial charge in [-0.2, -0.15) is 0 Å². The zero-order valence-corrected chi connectivity index (χ0v) is 29.0. The van der Waals surface area contributed by atoms with E-state index in [-0.39, 0.29) is 23.4 Å². The first-order valence-corrected chi connectivity index (χ1v) is 17.5. The summed E-state index contributed by atoms with van der Waals surface area (Å²) in [5.41, 5.74) is 3.64. The number of benzene rings is 3. The Kier molecular flexibility index (Phi) is 12.4. The van der Waals surface area contributed by atoms with Crippen LogP contribution in [0.4, 0.5) is 0 Å². The highest BCUT2D eigenvalue weighted by Crippen LogP contribution is 2.34. The molecule has 0 spiro atoms. The van der Waals surface area contributed by atoms with Crippen LogP contribution in [-0.2, 0) is 24.4 Å². The number of ether oxygens (including phenoxy) is 1. The summed E-state index contributed by atoms with van der Waals surface area (Å²) in [6, 6.07) is 19.5. The zero-order valence-electron chi connectivity index (χ0n) is 27.5. The van der Waals surface area contributed by atoms with Crippen molar-refractivity contribution < 1.29 is 19.4 Å². The van der Waals surface area contributed by atoms with Crippen LogP contribution in [0.1, 0.15) is 85.7 Å². The van der Waals surface area contributed by atoms with Gasteiger partial charge in [0.25, 0.3) is 0 Å². The fourth-order valence-corrected chi connectivity index (χ4v) is 6.74. The predicted molar refractivity (Wildman–Crippen MR) is 192 cm³/mol. The molecule has 0 bridgehead atoms. The molecular formula is C39H43Cl2N3O4. The third-order valence-corrected chi connectivity index (χ3v) is 9.66. The minimum absolute atomic E-state index is 0.00998. The number of rotatable bonds is 14. The summed E-state index contributed by atoms with van der Waals surface area (Å²) >= 11 is 12.8. The van der Waals surface area contributed by atoms with Crippen LogP contribution in [0.3, 0.4) is 0 Å². The molecule has 0 radical (unpaired) electrons. The Hall–Kier alpha value is -4.07. The fourth-order valence-electron chi connectivity index (χ4n) is 6.23. The van der Waals surface area contributed by atoms with Crippen molar-refractivity contribution in [2.45, 2.75) is 78.0 Å². The fraction of sp³-hybridized carbons (Fsp3) is 0.359. The molecule has 252 valence electrons. The van der Waals surface area contributed by atoms with Crippen LogP contribution >= 0.6 is 23.2 Å². The van der Waals surface area contributed by atoms with Gasteiger partial charge in [0.1, 0.15) is 18.2 Å². The van der Waals surface area contributed by atoms with Crippen molar-refractivity contribution >= 4 is 35.1 Å². The van der Waals surface area contributed by atoms with Crippen molar-refractivity contribution in [1.82, 2.24) is 14.9 Å². The number of hydrogen-bond acceptors (Lipinski definition) is 4. The first-order chi connectivity index (χ1) is 23.2. The third-order valence-electron chi connectivity index (χ3n) is 9.11. The molecule has 3 aromatic carbocycles. The standard InChI is InChI=1S/C39H43Cl2N3O4/c1-3-5-6-21-44-24-36(33-20-17-31(40)23-34(33)41)42-37(44)35(43-38(45)29-13-7-26(4-2)8-14-29)22-27-11-18-32(19-12-27)48-25-28-9-15-30(16-10-28)39(46)47/h5-6,9-12,15-20,23-24,26,29,35H,3-4,7-8,13-14,21-22,25H2,1-2H3,(H,43,45)(H,46,47)/t26-,29-,35-/m0/s1. The smallest absolute Gasteiger partial charge is 0.335 e. The number of nitrogens with zero attached hydrogens (tertiary/aromatic N) is 2. The first-order valence-electron chi connectivity index (χ1n) is 16.8. The monoisotopic (exact) mass is 687 g/mol. The highest BCUT2D eigenvalue weighted by Gasteiger charge is 2.29. The van der Waals surface area contributed by atoms with Crippen molar-refractivity contribution in [2.24, 2.45) is 11.8 Å². The predicted octanol–water partition coefficient (Wildman–Crippen LogP) is 9.72. The molecule has 1 aliphatic rings. The molecule has 2 N–H and O–H groups in total. The summed E-state index contributed by atoms with van der Waals surface area (Å²) in [4.78, 5) is 30.0. The molecule has 1 aromatic heterocycles. The van der Waals surface area contributed by atoms with Crippen LogP contribution in [0, 0.1) is 11.8 Å². The van der Waals surface area contributed by atoms with E-state index >= 15 is 0 Å². The van der Waals surface area contributed by atoms with Gasteiger partial charge < -0.3 is 19.7 Å². The molecular weight excluding hydrogens is 645 g/mol. The van der Waals surface area contributed by atoms with Gasteiger partial charge in [-0.15, -0.1) is 0 Å². The lowest BCUT2D eigenvalue weighted by atomic mass is 9.80. The summed E-state index contributed by atoms with van der Waals surface area (Å²) in [7, 11) is 0. The molecule has 0 saturated heterocycles. The number of carbonyl (C=O) groups is 2. The Labute approximate surface area is 293 Å². The maximum atomic E-state index is 13.8. The molecule has 0 aliphatic heterocycles. The lowest BCUT2D eigenvalue weighted by molar-refractivity contribution is -0.127. The summed E-state index contributed by atoms with van der Waals surface area (Å²) in [6.45, 7) is 5.25. The highest BCUT2D eigenvalue weighted by atomic mass is 35.5. The van der Waals surface area contributed by atoms with Crippen molar-refractivity contribution in [2.75, 3.05) is 0 Å². The van der Waals surface area contributed by atoms with Crippen LogP contribution in [0.25, 0.3) is 11.3 Å². The second-order valence-electron chi connectivity index (χ2n) is 12.5. The van der Waals surface area contributed by atoms with E-state index in [4.69, 9.17) is 38.0 Å². The van der Waals surface area contributed by atoms with Gasteiger partial charge in [0.05, 0.1) is 22.3 Å². The summed E-state index contributed by atoms with van der Waals surface area (Å²) < 4.78 is 8.08. The second-order valence-corrected chi connectivity index (χ2v) is 13.3.